The van der Waals surface area contributed by atoms with Crippen LogP contribution in [0.5, 0.6) is 0 Å². The summed E-state index contributed by atoms with van der Waals surface area (Å²) in [6, 6.07) is 13.9. The molecule has 35 heavy (non-hydrogen) atoms. The highest BCUT2D eigenvalue weighted by Crippen LogP contribution is 2.43. The molecule has 7 nitrogen and oxygen atoms in total. The minimum absolute atomic E-state index is 0.225. The molecule has 1 atom stereocenters. The number of halogens is 1. The summed E-state index contributed by atoms with van der Waals surface area (Å²) in [5.41, 5.74) is 6.72. The van der Waals surface area contributed by atoms with Gasteiger partial charge < -0.3 is 10.1 Å². The van der Waals surface area contributed by atoms with Gasteiger partial charge in [-0.2, -0.15) is 0 Å². The minimum atomic E-state index is -0.608. The number of benzene rings is 1. The van der Waals surface area contributed by atoms with Crippen molar-refractivity contribution in [1.82, 2.24) is 14.9 Å². The van der Waals surface area contributed by atoms with E-state index in [-0.39, 0.29) is 5.96 Å². The predicted molar refractivity (Wildman–Crippen MR) is 137 cm³/mol. The van der Waals surface area contributed by atoms with Gasteiger partial charge in [0.1, 0.15) is 0 Å². The average molecular weight is 503 g/mol. The van der Waals surface area contributed by atoms with E-state index in [4.69, 9.17) is 16.6 Å². The Bertz CT molecular complexity index is 1330. The maximum absolute atomic E-state index is 12.4. The molecule has 0 bridgehead atoms. The zero-order chi connectivity index (χ0) is 24.2. The van der Waals surface area contributed by atoms with E-state index in [9.17, 15) is 10.5 Å². The molecule has 3 aromatic rings. The molecule has 0 amide bonds. The number of nitrogens with one attached hydrogen (secondary N) is 1. The van der Waals surface area contributed by atoms with Crippen molar-refractivity contribution in [2.45, 2.75) is 30.0 Å². The molecule has 176 valence electrons. The van der Waals surface area contributed by atoms with E-state index in [1.54, 1.807) is 30.3 Å². The highest BCUT2D eigenvalue weighted by atomic mass is 35.5. The van der Waals surface area contributed by atoms with Crippen LogP contribution in [0.15, 0.2) is 76.5 Å². The predicted octanol–water partition coefficient (Wildman–Crippen LogP) is 4.05. The van der Waals surface area contributed by atoms with Crippen molar-refractivity contribution in [2.75, 3.05) is 13.1 Å². The Balaban J connectivity index is 1.46. The van der Waals surface area contributed by atoms with Gasteiger partial charge in [-0.05, 0) is 53.8 Å². The number of thioether (sulfide) groups is 1. The second kappa shape index (κ2) is 10.6. The molecule has 0 radical (unpaired) electrons. The third-order valence-electron chi connectivity index (χ3n) is 6.18. The van der Waals surface area contributed by atoms with Gasteiger partial charge in [-0.1, -0.05) is 35.4 Å². The third kappa shape index (κ3) is 5.09. The van der Waals surface area contributed by atoms with Crippen molar-refractivity contribution in [1.29, 1.82) is 5.26 Å². The Morgan fingerprint density at radius 1 is 1.20 bits per heavy atom. The first kappa shape index (κ1) is 23.5. The molecule has 0 saturated carbocycles. The number of likely N-dealkylation sites (tertiary alicyclic amines) is 1. The molecule has 1 unspecified atom stereocenters. The van der Waals surface area contributed by atoms with Crippen LogP contribution in [0.3, 0.4) is 0 Å². The summed E-state index contributed by atoms with van der Waals surface area (Å²) in [6.07, 6.45) is 8.51. The number of aliphatic imine (C=N–C) groups is 1. The topological polar surface area (TPSA) is 92.7 Å². The van der Waals surface area contributed by atoms with Crippen molar-refractivity contribution in [3.63, 3.8) is 0 Å². The number of guanidine groups is 1. The van der Waals surface area contributed by atoms with Crippen molar-refractivity contribution in [3.8, 4) is 6.19 Å². The summed E-state index contributed by atoms with van der Waals surface area (Å²) in [4.78, 5) is 16.5. The number of aromatic nitrogens is 2. The molecule has 2 aliphatic rings. The molecule has 2 aromatic heterocycles. The fourth-order valence-corrected chi connectivity index (χ4v) is 5.82. The number of pyridine rings is 2. The lowest BCUT2D eigenvalue weighted by molar-refractivity contribution is -0.675. The van der Waals surface area contributed by atoms with E-state index in [1.807, 2.05) is 41.4 Å². The first-order valence-corrected chi connectivity index (χ1v) is 12.7. The molecular weight excluding hydrogens is 480 g/mol. The monoisotopic (exact) mass is 502 g/mol. The van der Waals surface area contributed by atoms with E-state index in [0.717, 1.165) is 50.9 Å². The fraction of sp³-hybridized carbons (Fsp3) is 0.231. The molecule has 9 heteroatoms. The van der Waals surface area contributed by atoms with Gasteiger partial charge in [-0.3, -0.25) is 9.97 Å². The molecule has 2 aliphatic heterocycles. The molecule has 5 rings (SSSR count). The number of rotatable bonds is 2. The Labute approximate surface area is 213 Å². The zero-order valence-electron chi connectivity index (χ0n) is 18.9. The van der Waals surface area contributed by atoms with Crippen molar-refractivity contribution in [3.05, 3.63) is 99.2 Å². The average Bonchev–Trinajstić information content (AvgIpc) is 3.06. The lowest BCUT2D eigenvalue weighted by Crippen LogP contribution is -3.08. The number of hydroxylamine groups is 2. The van der Waals surface area contributed by atoms with Gasteiger partial charge in [0.05, 0.1) is 12.2 Å². The first-order valence-electron chi connectivity index (χ1n) is 11.4. The van der Waals surface area contributed by atoms with Gasteiger partial charge in [-0.25, -0.2) is 10.1 Å². The molecular formula is C26H23ClN6OS. The molecule has 1 saturated heterocycles. The number of piperidine rings is 1. The van der Waals surface area contributed by atoms with Crippen LogP contribution in [0.4, 0.5) is 0 Å². The van der Waals surface area contributed by atoms with Gasteiger partial charge in [0.2, 0.25) is 0 Å². The number of hydrogen-bond donors (Lipinski definition) is 1. The quantitative estimate of drug-likeness (QED) is 0.246. The maximum Gasteiger partial charge on any atom is 0.315 e. The third-order valence-corrected chi connectivity index (χ3v) is 7.52. The van der Waals surface area contributed by atoms with Crippen LogP contribution in [0.2, 0.25) is 5.02 Å². The van der Waals surface area contributed by atoms with E-state index >= 15 is 0 Å². The van der Waals surface area contributed by atoms with Gasteiger partial charge >= 0.3 is 12.2 Å². The van der Waals surface area contributed by atoms with E-state index < -0.39 is 5.06 Å². The Morgan fingerprint density at radius 2 is 2.03 bits per heavy atom. The molecule has 1 aromatic carbocycles. The summed E-state index contributed by atoms with van der Waals surface area (Å²) >= 11 is 8.10. The first-order chi connectivity index (χ1) is 17.1. The molecule has 1 fully saturated rings. The maximum atomic E-state index is 12.4. The normalized spacial score (nSPS) is 16.7. The Kier molecular flexibility index (Phi) is 7.11. The van der Waals surface area contributed by atoms with Crippen LogP contribution >= 0.6 is 23.4 Å². The van der Waals surface area contributed by atoms with Crippen molar-refractivity contribution < 1.29 is 5.06 Å². The van der Waals surface area contributed by atoms with Gasteiger partial charge in [0, 0.05) is 52.9 Å². The van der Waals surface area contributed by atoms with Crippen molar-refractivity contribution >= 4 is 34.9 Å². The number of nitrogens with zero attached hydrogens (tertiary/aromatic N) is 5. The van der Waals surface area contributed by atoms with Crippen LogP contribution in [0, 0.1) is 16.7 Å². The largest absolute Gasteiger partial charge is 0.611 e. The van der Waals surface area contributed by atoms with Crippen LogP contribution in [0.1, 0.15) is 35.2 Å². The van der Waals surface area contributed by atoms with Crippen LogP contribution in [-0.2, 0) is 12.3 Å². The van der Waals surface area contributed by atoms with Crippen LogP contribution in [0.25, 0.3) is 5.57 Å². The molecule has 0 spiro atoms. The Hall–Kier alpha value is -3.22. The van der Waals surface area contributed by atoms with E-state index in [0.29, 0.717) is 19.6 Å². The van der Waals surface area contributed by atoms with Crippen molar-refractivity contribution in [2.24, 2.45) is 4.99 Å². The van der Waals surface area contributed by atoms with Crippen LogP contribution in [-0.4, -0.2) is 33.9 Å². The molecule has 0 aliphatic carbocycles. The second-order valence-electron chi connectivity index (χ2n) is 8.35. The summed E-state index contributed by atoms with van der Waals surface area (Å²) < 4.78 is 0. The summed E-state index contributed by atoms with van der Waals surface area (Å²) in [5, 5.41) is 21.9. The highest BCUT2D eigenvalue weighted by molar-refractivity contribution is 7.98. The smallest absolute Gasteiger partial charge is 0.315 e. The van der Waals surface area contributed by atoms with Gasteiger partial charge in [0.25, 0.3) is 0 Å². The number of fused-ring (bicyclic) bond motifs is 2. The van der Waals surface area contributed by atoms with Gasteiger partial charge in [0.15, 0.2) is 0 Å². The number of hydrogen-bond acceptors (Lipinski definition) is 6. The number of nitriles is 1. The lowest BCUT2D eigenvalue weighted by atomic mass is 9.89. The second-order valence-corrected chi connectivity index (χ2v) is 9.80. The van der Waals surface area contributed by atoms with E-state index in [1.165, 1.54) is 11.1 Å². The fourth-order valence-electron chi connectivity index (χ4n) is 4.50. The van der Waals surface area contributed by atoms with E-state index in [2.05, 4.69) is 22.1 Å². The Morgan fingerprint density at radius 3 is 2.80 bits per heavy atom. The molecule has 4 heterocycles. The summed E-state index contributed by atoms with van der Waals surface area (Å²) in [5.74, 6) is 1.06. The SMILES string of the molecule is N#C[NH+]([O-])C(=NCc1cccnc1)N1CCC(=C2c3ccc(Cl)cc3SCc3cccnc32)CC1. The standard InChI is InChI=1S/C26H23ClN6OS/c27-21-5-6-22-23(13-21)35-16-20-4-2-10-30-25(20)24(22)19-7-11-32(12-8-19)26(33(34)17-28)31-15-18-3-1-9-29-14-18/h1-6,9-10,13-14,33H,7-8,11-12,15-16H2. The zero-order valence-corrected chi connectivity index (χ0v) is 20.5. The number of quaternary nitrogens is 1. The van der Waals surface area contributed by atoms with Gasteiger partial charge in [-0.15, -0.1) is 17.0 Å². The minimum Gasteiger partial charge on any atom is -0.611 e. The van der Waals surface area contributed by atoms with Crippen LogP contribution < -0.4 is 5.06 Å². The lowest BCUT2D eigenvalue weighted by Gasteiger charge is -2.32. The molecule has 1 N–H and O–H groups in total. The summed E-state index contributed by atoms with van der Waals surface area (Å²) in [6.45, 7) is 1.52. The highest BCUT2D eigenvalue weighted by Gasteiger charge is 2.28. The summed E-state index contributed by atoms with van der Waals surface area (Å²) in [7, 11) is 0.